The second-order valence-electron chi connectivity index (χ2n) is 5.40. The van der Waals surface area contributed by atoms with E-state index in [1.54, 1.807) is 18.2 Å². The number of halogens is 3. The van der Waals surface area contributed by atoms with Gasteiger partial charge in [-0.15, -0.1) is 13.2 Å². The van der Waals surface area contributed by atoms with Gasteiger partial charge in [-0.1, -0.05) is 6.07 Å². The second-order valence-corrected chi connectivity index (χ2v) is 5.40. The number of hydrogen-bond donors (Lipinski definition) is 2. The maximum Gasteiger partial charge on any atom is 0.573 e. The topological polar surface area (TPSA) is 85.9 Å². The molecule has 0 aromatic heterocycles. The molecule has 1 aliphatic heterocycles. The Balaban J connectivity index is 1.51. The summed E-state index contributed by atoms with van der Waals surface area (Å²) in [5.41, 5.74) is 0.849. The van der Waals surface area contributed by atoms with E-state index in [1.165, 1.54) is 12.1 Å². The van der Waals surface area contributed by atoms with Gasteiger partial charge in [-0.3, -0.25) is 9.59 Å². The summed E-state index contributed by atoms with van der Waals surface area (Å²) in [6.07, 6.45) is -4.81. The summed E-state index contributed by atoms with van der Waals surface area (Å²) in [7, 11) is 0. The van der Waals surface area contributed by atoms with Crippen LogP contribution in [0.1, 0.15) is 5.56 Å². The molecule has 0 spiro atoms. The van der Waals surface area contributed by atoms with Crippen LogP contribution >= 0.6 is 0 Å². The SMILES string of the molecule is O=C(NCc1ccc2c(c1)OCO2)C(=O)Nc1ccc(OC(F)(F)F)cc1. The van der Waals surface area contributed by atoms with Gasteiger partial charge in [0.1, 0.15) is 5.75 Å². The largest absolute Gasteiger partial charge is 0.573 e. The Morgan fingerprint density at radius 1 is 1.00 bits per heavy atom. The summed E-state index contributed by atoms with van der Waals surface area (Å²) >= 11 is 0. The van der Waals surface area contributed by atoms with Crippen LogP contribution in [0.4, 0.5) is 18.9 Å². The van der Waals surface area contributed by atoms with E-state index in [2.05, 4.69) is 15.4 Å². The monoisotopic (exact) mass is 382 g/mol. The third-order valence-electron chi connectivity index (χ3n) is 3.44. The van der Waals surface area contributed by atoms with Crippen LogP contribution in [0, 0.1) is 0 Å². The highest BCUT2D eigenvalue weighted by molar-refractivity contribution is 6.39. The fourth-order valence-corrected chi connectivity index (χ4v) is 2.24. The summed E-state index contributed by atoms with van der Waals surface area (Å²) in [4.78, 5) is 23.7. The number of carbonyl (C=O) groups excluding carboxylic acids is 2. The Bertz CT molecular complexity index is 853. The van der Waals surface area contributed by atoms with Gasteiger partial charge in [0.05, 0.1) is 0 Å². The fourth-order valence-electron chi connectivity index (χ4n) is 2.24. The molecular weight excluding hydrogens is 369 g/mol. The van der Waals surface area contributed by atoms with E-state index >= 15 is 0 Å². The van der Waals surface area contributed by atoms with Gasteiger partial charge in [0, 0.05) is 12.2 Å². The number of anilines is 1. The van der Waals surface area contributed by atoms with Gasteiger partial charge in [0.15, 0.2) is 11.5 Å². The van der Waals surface area contributed by atoms with Crippen molar-refractivity contribution < 1.29 is 37.0 Å². The number of hydrogen-bond acceptors (Lipinski definition) is 5. The molecule has 7 nitrogen and oxygen atoms in total. The van der Waals surface area contributed by atoms with Crippen molar-refractivity contribution in [1.29, 1.82) is 0 Å². The van der Waals surface area contributed by atoms with E-state index < -0.39 is 23.9 Å². The summed E-state index contributed by atoms with van der Waals surface area (Å²) in [5.74, 6) is -1.15. The van der Waals surface area contributed by atoms with Crippen molar-refractivity contribution in [3.8, 4) is 17.2 Å². The van der Waals surface area contributed by atoms with Crippen molar-refractivity contribution in [2.24, 2.45) is 0 Å². The van der Waals surface area contributed by atoms with Gasteiger partial charge in [0.25, 0.3) is 0 Å². The molecule has 0 aliphatic carbocycles. The molecule has 2 N–H and O–H groups in total. The van der Waals surface area contributed by atoms with E-state index in [4.69, 9.17) is 9.47 Å². The van der Waals surface area contributed by atoms with Crippen LogP contribution in [-0.4, -0.2) is 25.0 Å². The Morgan fingerprint density at radius 3 is 2.41 bits per heavy atom. The van der Waals surface area contributed by atoms with Crippen LogP contribution in [0.15, 0.2) is 42.5 Å². The number of ether oxygens (including phenoxy) is 3. The van der Waals surface area contributed by atoms with Gasteiger partial charge in [-0.2, -0.15) is 0 Å². The fraction of sp³-hybridized carbons (Fsp3) is 0.176. The summed E-state index contributed by atoms with van der Waals surface area (Å²) < 4.78 is 50.4. The van der Waals surface area contributed by atoms with Gasteiger partial charge >= 0.3 is 18.2 Å². The van der Waals surface area contributed by atoms with E-state index in [9.17, 15) is 22.8 Å². The lowest BCUT2D eigenvalue weighted by Gasteiger charge is -2.10. The zero-order valence-electron chi connectivity index (χ0n) is 13.6. The zero-order valence-corrected chi connectivity index (χ0v) is 13.6. The minimum absolute atomic E-state index is 0.0846. The average molecular weight is 382 g/mol. The molecule has 2 aromatic rings. The lowest BCUT2D eigenvalue weighted by atomic mass is 10.2. The Kier molecular flexibility index (Phi) is 5.06. The van der Waals surface area contributed by atoms with Crippen molar-refractivity contribution in [3.63, 3.8) is 0 Å². The molecule has 0 saturated heterocycles. The molecule has 0 atom stereocenters. The first-order valence-electron chi connectivity index (χ1n) is 7.64. The van der Waals surface area contributed by atoms with Gasteiger partial charge in [-0.25, -0.2) is 0 Å². The normalized spacial score (nSPS) is 12.4. The quantitative estimate of drug-likeness (QED) is 0.794. The maximum absolute atomic E-state index is 12.1. The van der Waals surface area contributed by atoms with Gasteiger partial charge in [0.2, 0.25) is 6.79 Å². The molecule has 2 aromatic carbocycles. The highest BCUT2D eigenvalue weighted by Gasteiger charge is 2.31. The Labute approximate surface area is 151 Å². The molecule has 142 valence electrons. The molecule has 0 saturated carbocycles. The average Bonchev–Trinajstić information content (AvgIpc) is 3.07. The number of nitrogens with one attached hydrogen (secondary N) is 2. The van der Waals surface area contributed by atoms with Crippen LogP contribution in [0.3, 0.4) is 0 Å². The third kappa shape index (κ3) is 5.03. The molecule has 0 unspecified atom stereocenters. The highest BCUT2D eigenvalue weighted by atomic mass is 19.4. The van der Waals surface area contributed by atoms with E-state index in [-0.39, 0.29) is 19.0 Å². The predicted octanol–water partition coefficient (Wildman–Crippen LogP) is 2.57. The molecule has 27 heavy (non-hydrogen) atoms. The lowest BCUT2D eigenvalue weighted by molar-refractivity contribution is -0.274. The summed E-state index contributed by atoms with van der Waals surface area (Å²) in [5, 5.41) is 4.71. The summed E-state index contributed by atoms with van der Waals surface area (Å²) in [6.45, 7) is 0.210. The Morgan fingerprint density at radius 2 is 1.70 bits per heavy atom. The molecule has 1 aliphatic rings. The molecule has 1 heterocycles. The van der Waals surface area contributed by atoms with Gasteiger partial charge < -0.3 is 24.8 Å². The first-order valence-corrected chi connectivity index (χ1v) is 7.64. The van der Waals surface area contributed by atoms with Crippen molar-refractivity contribution in [2.45, 2.75) is 12.9 Å². The predicted molar refractivity (Wildman–Crippen MR) is 86.2 cm³/mol. The van der Waals surface area contributed by atoms with Crippen LogP contribution in [0.25, 0.3) is 0 Å². The zero-order chi connectivity index (χ0) is 19.4. The highest BCUT2D eigenvalue weighted by Crippen LogP contribution is 2.32. The van der Waals surface area contributed by atoms with Gasteiger partial charge in [-0.05, 0) is 42.0 Å². The summed E-state index contributed by atoms with van der Waals surface area (Å²) in [6, 6.07) is 9.49. The molecular formula is C17H13F3N2O5. The molecule has 2 amide bonds. The lowest BCUT2D eigenvalue weighted by Crippen LogP contribution is -2.34. The second kappa shape index (κ2) is 7.44. The smallest absolute Gasteiger partial charge is 0.454 e. The standard InChI is InChI=1S/C17H13F3N2O5/c18-17(19,20)27-12-4-2-11(3-5-12)22-16(24)15(23)21-8-10-1-6-13-14(7-10)26-9-25-13/h1-7H,8-9H2,(H,21,23)(H,22,24). The number of alkyl halides is 3. The minimum Gasteiger partial charge on any atom is -0.454 e. The van der Waals surface area contributed by atoms with Crippen LogP contribution in [-0.2, 0) is 16.1 Å². The molecule has 0 fully saturated rings. The van der Waals surface area contributed by atoms with E-state index in [1.807, 2.05) is 0 Å². The van der Waals surface area contributed by atoms with Crippen molar-refractivity contribution >= 4 is 17.5 Å². The molecule has 0 radical (unpaired) electrons. The third-order valence-corrected chi connectivity index (χ3v) is 3.44. The van der Waals surface area contributed by atoms with Crippen LogP contribution in [0.5, 0.6) is 17.2 Å². The van der Waals surface area contributed by atoms with E-state index in [0.29, 0.717) is 17.1 Å². The van der Waals surface area contributed by atoms with Crippen molar-refractivity contribution in [1.82, 2.24) is 5.32 Å². The number of carbonyl (C=O) groups is 2. The molecule has 3 rings (SSSR count). The maximum atomic E-state index is 12.1. The number of fused-ring (bicyclic) bond motifs is 1. The Hall–Kier alpha value is -3.43. The van der Waals surface area contributed by atoms with Crippen molar-refractivity contribution in [2.75, 3.05) is 12.1 Å². The molecule has 0 bridgehead atoms. The number of rotatable bonds is 4. The van der Waals surface area contributed by atoms with E-state index in [0.717, 1.165) is 12.1 Å². The minimum atomic E-state index is -4.81. The molecule has 10 heteroatoms. The van der Waals surface area contributed by atoms with Crippen LogP contribution in [0.2, 0.25) is 0 Å². The first-order chi connectivity index (χ1) is 12.8. The number of benzene rings is 2. The number of amides is 2. The van der Waals surface area contributed by atoms with Crippen LogP contribution < -0.4 is 24.8 Å². The first kappa shape index (κ1) is 18.4. The van der Waals surface area contributed by atoms with Crippen molar-refractivity contribution in [3.05, 3.63) is 48.0 Å².